The highest BCUT2D eigenvalue weighted by Crippen LogP contribution is 2.34. The van der Waals surface area contributed by atoms with Crippen molar-refractivity contribution >= 4 is 40.5 Å². The maximum atomic E-state index is 8.59. The molecule has 0 spiro atoms. The molecule has 0 amide bonds. The number of hydrogen-bond donors (Lipinski definition) is 3. The van der Waals surface area contributed by atoms with Crippen molar-refractivity contribution in [3.8, 4) is 0 Å². The van der Waals surface area contributed by atoms with Crippen LogP contribution >= 0.6 is 34.8 Å². The molecular formula is C10H11Cl3N2O. The van der Waals surface area contributed by atoms with Crippen molar-refractivity contribution in [2.24, 2.45) is 0 Å². The summed E-state index contributed by atoms with van der Waals surface area (Å²) in [6.07, 6.45) is 0. The molecule has 0 aliphatic rings. The number of aliphatic hydroxyl groups is 1. The Balaban J connectivity index is 2.80. The van der Waals surface area contributed by atoms with E-state index in [0.717, 1.165) is 0 Å². The molecule has 1 aromatic carbocycles. The van der Waals surface area contributed by atoms with E-state index in [-0.39, 0.29) is 6.61 Å². The smallest absolute Gasteiger partial charge is 0.0785 e. The summed E-state index contributed by atoms with van der Waals surface area (Å²) in [5.74, 6) is 0. The van der Waals surface area contributed by atoms with Crippen LogP contribution in [-0.2, 0) is 0 Å². The maximum absolute atomic E-state index is 8.59. The number of nitrogens with one attached hydrogen (secondary N) is 2. The summed E-state index contributed by atoms with van der Waals surface area (Å²) < 4.78 is 0. The van der Waals surface area contributed by atoms with Gasteiger partial charge in [-0.15, -0.1) is 0 Å². The van der Waals surface area contributed by atoms with Crippen LogP contribution in [0.4, 0.5) is 0 Å². The van der Waals surface area contributed by atoms with Crippen LogP contribution in [0.1, 0.15) is 5.56 Å². The highest BCUT2D eigenvalue weighted by atomic mass is 35.5. The first kappa shape index (κ1) is 13.6. The highest BCUT2D eigenvalue weighted by Gasteiger charge is 2.10. The molecule has 0 aromatic heterocycles. The van der Waals surface area contributed by atoms with E-state index in [1.165, 1.54) is 0 Å². The van der Waals surface area contributed by atoms with Crippen molar-refractivity contribution in [2.75, 3.05) is 13.2 Å². The van der Waals surface area contributed by atoms with Crippen LogP contribution < -0.4 is 10.9 Å². The molecule has 0 heterocycles. The Morgan fingerprint density at radius 3 is 2.56 bits per heavy atom. The van der Waals surface area contributed by atoms with Gasteiger partial charge in [0.25, 0.3) is 0 Å². The lowest BCUT2D eigenvalue weighted by molar-refractivity contribution is 0.288. The molecule has 1 rings (SSSR count). The van der Waals surface area contributed by atoms with E-state index >= 15 is 0 Å². The van der Waals surface area contributed by atoms with Crippen LogP contribution in [0.2, 0.25) is 15.1 Å². The molecule has 0 saturated carbocycles. The van der Waals surface area contributed by atoms with Crippen molar-refractivity contribution in [3.05, 3.63) is 39.3 Å². The predicted octanol–water partition coefficient (Wildman–Crippen LogP) is 2.70. The quantitative estimate of drug-likeness (QED) is 0.442. The van der Waals surface area contributed by atoms with Gasteiger partial charge in [0.1, 0.15) is 0 Å². The summed E-state index contributed by atoms with van der Waals surface area (Å²) in [6, 6.07) is 3.36. The number of aliphatic hydroxyl groups excluding tert-OH is 1. The first-order valence-corrected chi connectivity index (χ1v) is 5.63. The van der Waals surface area contributed by atoms with E-state index in [4.69, 9.17) is 39.9 Å². The van der Waals surface area contributed by atoms with Crippen molar-refractivity contribution in [1.82, 2.24) is 10.9 Å². The molecular weight excluding hydrogens is 270 g/mol. The minimum atomic E-state index is 0.0232. The predicted molar refractivity (Wildman–Crippen MR) is 68.7 cm³/mol. The van der Waals surface area contributed by atoms with Crippen LogP contribution in [0.25, 0.3) is 5.70 Å². The van der Waals surface area contributed by atoms with Gasteiger partial charge < -0.3 is 10.5 Å². The van der Waals surface area contributed by atoms with Gasteiger partial charge in [-0.05, 0) is 12.1 Å². The summed E-state index contributed by atoms with van der Waals surface area (Å²) in [7, 11) is 0. The number of hydrazine groups is 1. The Bertz CT molecular complexity index is 396. The largest absolute Gasteiger partial charge is 0.395 e. The number of benzene rings is 1. The molecule has 1 aromatic rings. The fourth-order valence-electron chi connectivity index (χ4n) is 1.05. The summed E-state index contributed by atoms with van der Waals surface area (Å²) in [4.78, 5) is 0. The Morgan fingerprint density at radius 2 is 1.94 bits per heavy atom. The summed E-state index contributed by atoms with van der Waals surface area (Å²) in [6.45, 7) is 4.21. The molecule has 3 nitrogen and oxygen atoms in total. The molecule has 0 unspecified atom stereocenters. The van der Waals surface area contributed by atoms with Crippen LogP contribution in [0.5, 0.6) is 0 Å². The summed E-state index contributed by atoms with van der Waals surface area (Å²) in [5.41, 5.74) is 6.76. The van der Waals surface area contributed by atoms with Gasteiger partial charge in [0.05, 0.1) is 27.4 Å². The first-order valence-electron chi connectivity index (χ1n) is 4.50. The zero-order valence-electron chi connectivity index (χ0n) is 8.36. The molecule has 0 aliphatic heterocycles. The van der Waals surface area contributed by atoms with Crippen molar-refractivity contribution in [2.45, 2.75) is 0 Å². The third-order valence-electron chi connectivity index (χ3n) is 1.84. The molecule has 0 saturated heterocycles. The van der Waals surface area contributed by atoms with Crippen LogP contribution in [0.3, 0.4) is 0 Å². The van der Waals surface area contributed by atoms with Crippen molar-refractivity contribution < 1.29 is 5.11 Å². The average Bonchev–Trinajstić information content (AvgIpc) is 2.26. The SMILES string of the molecule is C=C(NNCCO)c1ccc(Cl)c(Cl)c1Cl. The molecule has 6 heteroatoms. The Labute approximate surface area is 109 Å². The van der Waals surface area contributed by atoms with E-state index in [1.54, 1.807) is 12.1 Å². The monoisotopic (exact) mass is 280 g/mol. The van der Waals surface area contributed by atoms with Gasteiger partial charge in [0.15, 0.2) is 0 Å². The topological polar surface area (TPSA) is 44.3 Å². The zero-order valence-corrected chi connectivity index (χ0v) is 10.6. The summed E-state index contributed by atoms with van der Waals surface area (Å²) >= 11 is 17.7. The fourth-order valence-corrected chi connectivity index (χ4v) is 1.70. The highest BCUT2D eigenvalue weighted by molar-refractivity contribution is 6.48. The molecule has 16 heavy (non-hydrogen) atoms. The van der Waals surface area contributed by atoms with Gasteiger partial charge in [0, 0.05) is 12.1 Å². The lowest BCUT2D eigenvalue weighted by Crippen LogP contribution is -2.32. The third kappa shape index (κ3) is 3.27. The second-order valence-corrected chi connectivity index (χ2v) is 4.14. The van der Waals surface area contributed by atoms with Gasteiger partial charge in [-0.2, -0.15) is 0 Å². The van der Waals surface area contributed by atoms with E-state index < -0.39 is 0 Å². The summed E-state index contributed by atoms with van der Waals surface area (Å²) in [5, 5.41) is 9.63. The van der Waals surface area contributed by atoms with E-state index in [2.05, 4.69) is 17.4 Å². The average molecular weight is 282 g/mol. The normalized spacial score (nSPS) is 10.2. The number of halogens is 3. The lowest BCUT2D eigenvalue weighted by Gasteiger charge is -2.12. The Morgan fingerprint density at radius 1 is 1.25 bits per heavy atom. The Hall–Kier alpha value is -0.450. The van der Waals surface area contributed by atoms with Crippen LogP contribution in [0, 0.1) is 0 Å². The Kier molecular flexibility index (Phi) is 5.38. The second kappa shape index (κ2) is 6.33. The minimum Gasteiger partial charge on any atom is -0.395 e. The number of rotatable bonds is 5. The van der Waals surface area contributed by atoms with Crippen molar-refractivity contribution in [1.29, 1.82) is 0 Å². The third-order valence-corrected chi connectivity index (χ3v) is 3.13. The van der Waals surface area contributed by atoms with Gasteiger partial charge >= 0.3 is 0 Å². The van der Waals surface area contributed by atoms with Gasteiger partial charge in [-0.25, -0.2) is 5.43 Å². The van der Waals surface area contributed by atoms with Gasteiger partial charge in [-0.3, -0.25) is 0 Å². The van der Waals surface area contributed by atoms with Crippen LogP contribution in [-0.4, -0.2) is 18.3 Å². The molecule has 3 N–H and O–H groups in total. The molecule has 0 fully saturated rings. The van der Waals surface area contributed by atoms with E-state index in [9.17, 15) is 0 Å². The van der Waals surface area contributed by atoms with Crippen LogP contribution in [0.15, 0.2) is 18.7 Å². The van der Waals surface area contributed by atoms with Gasteiger partial charge in [0.2, 0.25) is 0 Å². The zero-order chi connectivity index (χ0) is 12.1. The molecule has 0 radical (unpaired) electrons. The molecule has 0 atom stereocenters. The number of hydrogen-bond acceptors (Lipinski definition) is 3. The fraction of sp³-hybridized carbons (Fsp3) is 0.200. The second-order valence-electron chi connectivity index (χ2n) is 2.98. The van der Waals surface area contributed by atoms with E-state index in [0.29, 0.717) is 32.9 Å². The van der Waals surface area contributed by atoms with Gasteiger partial charge in [-0.1, -0.05) is 41.4 Å². The van der Waals surface area contributed by atoms with E-state index in [1.807, 2.05) is 0 Å². The minimum absolute atomic E-state index is 0.0232. The lowest BCUT2D eigenvalue weighted by atomic mass is 10.2. The molecule has 0 aliphatic carbocycles. The first-order chi connectivity index (χ1) is 7.57. The standard InChI is InChI=1S/C10H11Cl3N2O/c1-6(15-14-4-5-16)7-2-3-8(11)10(13)9(7)12/h2-3,14-16H,1,4-5H2. The molecule has 88 valence electrons. The molecule has 0 bridgehead atoms. The maximum Gasteiger partial charge on any atom is 0.0785 e. The van der Waals surface area contributed by atoms with Crippen molar-refractivity contribution in [3.63, 3.8) is 0 Å².